The van der Waals surface area contributed by atoms with Gasteiger partial charge in [0.05, 0.1) is 13.7 Å². The summed E-state index contributed by atoms with van der Waals surface area (Å²) < 4.78 is 5.10. The van der Waals surface area contributed by atoms with Gasteiger partial charge in [-0.05, 0) is 29.8 Å². The summed E-state index contributed by atoms with van der Waals surface area (Å²) >= 11 is 0. The van der Waals surface area contributed by atoms with Crippen LogP contribution in [0, 0.1) is 0 Å². The normalized spacial score (nSPS) is 16.5. The molecule has 1 atom stereocenters. The minimum absolute atomic E-state index is 0.197. The highest BCUT2D eigenvalue weighted by atomic mass is 16.5. The molecule has 1 aliphatic rings. The van der Waals surface area contributed by atoms with Crippen LogP contribution in [0.25, 0.3) is 0 Å². The van der Waals surface area contributed by atoms with Crippen molar-refractivity contribution in [3.8, 4) is 5.75 Å². The number of nitrogens with zero attached hydrogens (tertiary/aromatic N) is 2. The van der Waals surface area contributed by atoms with Gasteiger partial charge in [-0.15, -0.1) is 0 Å². The number of ether oxygens (including phenoxy) is 1. The first-order chi connectivity index (χ1) is 11.6. The lowest BCUT2D eigenvalue weighted by Gasteiger charge is -2.43. The molecule has 2 amide bonds. The highest BCUT2D eigenvalue weighted by molar-refractivity contribution is 6.05. The van der Waals surface area contributed by atoms with Crippen LogP contribution in [0.3, 0.4) is 0 Å². The van der Waals surface area contributed by atoms with Gasteiger partial charge in [-0.2, -0.15) is 0 Å². The predicted molar refractivity (Wildman–Crippen MR) is 89.1 cm³/mol. The second-order valence-electron chi connectivity index (χ2n) is 5.56. The average Bonchev–Trinajstić information content (AvgIpc) is 2.61. The second kappa shape index (κ2) is 6.62. The van der Waals surface area contributed by atoms with Crippen molar-refractivity contribution in [2.75, 3.05) is 18.6 Å². The van der Waals surface area contributed by atoms with Crippen molar-refractivity contribution < 1.29 is 19.4 Å². The summed E-state index contributed by atoms with van der Waals surface area (Å²) in [4.78, 5) is 26.8. The van der Waals surface area contributed by atoms with E-state index in [2.05, 4.69) is 0 Å². The molecule has 6 heteroatoms. The van der Waals surface area contributed by atoms with E-state index < -0.39 is 12.1 Å². The van der Waals surface area contributed by atoms with Crippen LogP contribution in [0.2, 0.25) is 0 Å². The summed E-state index contributed by atoms with van der Waals surface area (Å²) in [5, 5.41) is 9.45. The summed E-state index contributed by atoms with van der Waals surface area (Å²) in [6.45, 7) is 0.549. The van der Waals surface area contributed by atoms with E-state index in [0.717, 1.165) is 11.3 Å². The first-order valence-corrected chi connectivity index (χ1v) is 7.59. The SMILES string of the molecule is COc1ccc(N2C[C@H](N(Cc3ccccc3)C(=O)O)C2=O)cc1. The Morgan fingerprint density at radius 1 is 1.21 bits per heavy atom. The summed E-state index contributed by atoms with van der Waals surface area (Å²) in [5.74, 6) is 0.498. The molecule has 1 heterocycles. The average molecular weight is 326 g/mol. The molecule has 24 heavy (non-hydrogen) atoms. The van der Waals surface area contributed by atoms with E-state index in [4.69, 9.17) is 4.74 Å². The molecule has 2 aromatic rings. The lowest BCUT2D eigenvalue weighted by Crippen LogP contribution is -2.65. The predicted octanol–water partition coefficient (Wildman–Crippen LogP) is 2.59. The molecule has 124 valence electrons. The summed E-state index contributed by atoms with van der Waals surface area (Å²) in [7, 11) is 1.58. The molecule has 0 aromatic heterocycles. The van der Waals surface area contributed by atoms with E-state index in [-0.39, 0.29) is 12.5 Å². The van der Waals surface area contributed by atoms with E-state index in [1.54, 1.807) is 36.3 Å². The minimum atomic E-state index is -1.09. The minimum Gasteiger partial charge on any atom is -0.497 e. The molecule has 0 radical (unpaired) electrons. The molecule has 1 N–H and O–H groups in total. The van der Waals surface area contributed by atoms with Crippen LogP contribution in [-0.2, 0) is 11.3 Å². The van der Waals surface area contributed by atoms with Crippen LogP contribution in [0.5, 0.6) is 5.75 Å². The fourth-order valence-electron chi connectivity index (χ4n) is 2.73. The molecular weight excluding hydrogens is 308 g/mol. The van der Waals surface area contributed by atoms with Gasteiger partial charge < -0.3 is 14.7 Å². The number of β-lactam (4-membered cyclic amide) rings is 1. The number of methoxy groups -OCH3 is 1. The van der Waals surface area contributed by atoms with Crippen molar-refractivity contribution in [3.05, 3.63) is 60.2 Å². The number of hydrogen-bond donors (Lipinski definition) is 1. The molecule has 0 unspecified atom stereocenters. The molecule has 1 saturated heterocycles. The molecule has 0 spiro atoms. The van der Waals surface area contributed by atoms with E-state index in [0.29, 0.717) is 12.3 Å². The van der Waals surface area contributed by atoms with Gasteiger partial charge in [-0.25, -0.2) is 4.79 Å². The lowest BCUT2D eigenvalue weighted by atomic mass is 10.0. The van der Waals surface area contributed by atoms with E-state index >= 15 is 0 Å². The number of anilines is 1. The molecular formula is C18H18N2O4. The summed E-state index contributed by atoms with van der Waals surface area (Å²) in [6, 6.07) is 15.7. The first-order valence-electron chi connectivity index (χ1n) is 7.59. The van der Waals surface area contributed by atoms with Gasteiger partial charge in [0.1, 0.15) is 11.8 Å². The molecule has 2 aromatic carbocycles. The maximum atomic E-state index is 12.4. The van der Waals surface area contributed by atoms with Crippen molar-refractivity contribution in [2.45, 2.75) is 12.6 Å². The number of rotatable bonds is 5. The van der Waals surface area contributed by atoms with Gasteiger partial charge in [0.25, 0.3) is 5.91 Å². The van der Waals surface area contributed by atoms with Crippen molar-refractivity contribution >= 4 is 17.7 Å². The van der Waals surface area contributed by atoms with Crippen molar-refractivity contribution in [1.82, 2.24) is 4.90 Å². The number of carbonyl (C=O) groups is 2. The number of amides is 2. The Morgan fingerprint density at radius 2 is 1.88 bits per heavy atom. The van der Waals surface area contributed by atoms with Crippen molar-refractivity contribution in [2.24, 2.45) is 0 Å². The third-order valence-electron chi connectivity index (χ3n) is 4.11. The van der Waals surface area contributed by atoms with Crippen LogP contribution in [0.15, 0.2) is 54.6 Å². The van der Waals surface area contributed by atoms with Gasteiger partial charge in [0, 0.05) is 12.2 Å². The van der Waals surface area contributed by atoms with Gasteiger partial charge in [-0.3, -0.25) is 9.69 Å². The van der Waals surface area contributed by atoms with Crippen molar-refractivity contribution in [3.63, 3.8) is 0 Å². The zero-order chi connectivity index (χ0) is 17.1. The lowest BCUT2D eigenvalue weighted by molar-refractivity contribution is -0.128. The molecule has 1 fully saturated rings. The molecule has 0 bridgehead atoms. The number of carboxylic acid groups (broad SMARTS) is 1. The Morgan fingerprint density at radius 3 is 2.42 bits per heavy atom. The highest BCUT2D eigenvalue weighted by Gasteiger charge is 2.43. The Kier molecular flexibility index (Phi) is 4.37. The van der Waals surface area contributed by atoms with E-state index in [9.17, 15) is 14.7 Å². The second-order valence-corrected chi connectivity index (χ2v) is 5.56. The maximum Gasteiger partial charge on any atom is 0.408 e. The standard InChI is InChI=1S/C18H18N2O4/c1-24-15-9-7-14(8-10-15)19-12-16(17(19)21)20(18(22)23)11-13-5-3-2-4-6-13/h2-10,16H,11-12H2,1H3,(H,22,23)/t16-/m0/s1. The third-order valence-corrected chi connectivity index (χ3v) is 4.11. The van der Waals surface area contributed by atoms with E-state index in [1.807, 2.05) is 30.3 Å². The van der Waals surface area contributed by atoms with Gasteiger partial charge in [0.2, 0.25) is 0 Å². The summed E-state index contributed by atoms with van der Waals surface area (Å²) in [6.07, 6.45) is -1.09. The molecule has 6 nitrogen and oxygen atoms in total. The zero-order valence-electron chi connectivity index (χ0n) is 13.3. The fraction of sp³-hybridized carbons (Fsp3) is 0.222. The Bertz CT molecular complexity index is 730. The van der Waals surface area contributed by atoms with Gasteiger partial charge >= 0.3 is 6.09 Å². The first kappa shape index (κ1) is 15.9. The van der Waals surface area contributed by atoms with Crippen LogP contribution in [0.1, 0.15) is 5.56 Å². The Balaban J connectivity index is 1.70. The fourth-order valence-corrected chi connectivity index (χ4v) is 2.73. The molecule has 3 rings (SSSR count). The van der Waals surface area contributed by atoms with Crippen LogP contribution in [0.4, 0.5) is 10.5 Å². The Labute approximate surface area is 139 Å². The molecule has 0 saturated carbocycles. The zero-order valence-corrected chi connectivity index (χ0v) is 13.3. The Hall–Kier alpha value is -3.02. The van der Waals surface area contributed by atoms with Crippen molar-refractivity contribution in [1.29, 1.82) is 0 Å². The van der Waals surface area contributed by atoms with Gasteiger partial charge in [0.15, 0.2) is 0 Å². The number of hydrogen-bond acceptors (Lipinski definition) is 3. The summed E-state index contributed by atoms with van der Waals surface area (Å²) in [5.41, 5.74) is 1.60. The number of benzene rings is 2. The van der Waals surface area contributed by atoms with Crippen LogP contribution < -0.4 is 9.64 Å². The topological polar surface area (TPSA) is 70.1 Å². The largest absolute Gasteiger partial charge is 0.497 e. The monoisotopic (exact) mass is 326 g/mol. The third kappa shape index (κ3) is 3.03. The maximum absolute atomic E-state index is 12.4. The van der Waals surface area contributed by atoms with Gasteiger partial charge in [-0.1, -0.05) is 30.3 Å². The van der Waals surface area contributed by atoms with Crippen LogP contribution in [-0.4, -0.2) is 41.7 Å². The smallest absolute Gasteiger partial charge is 0.408 e. The highest BCUT2D eigenvalue weighted by Crippen LogP contribution is 2.27. The quantitative estimate of drug-likeness (QED) is 0.858. The van der Waals surface area contributed by atoms with E-state index in [1.165, 1.54) is 4.90 Å². The molecule has 1 aliphatic heterocycles. The molecule has 0 aliphatic carbocycles. The van der Waals surface area contributed by atoms with Crippen LogP contribution >= 0.6 is 0 Å². The number of carbonyl (C=O) groups excluding carboxylic acids is 1.